The molecule has 0 aliphatic heterocycles. The van der Waals surface area contributed by atoms with E-state index in [0.717, 1.165) is 0 Å². The molecule has 0 saturated carbocycles. The second kappa shape index (κ2) is 7.69. The summed E-state index contributed by atoms with van der Waals surface area (Å²) in [6.45, 7) is -1.00. The number of hydrogen-bond donors (Lipinski definition) is 7. The molecule has 0 saturated heterocycles. The third-order valence-corrected chi connectivity index (χ3v) is 4.05. The smallest absolute Gasteiger partial charge is 0.394 e. The molecule has 0 aromatic rings. The lowest BCUT2D eigenvalue weighted by molar-refractivity contribution is -0.134. The zero-order valence-corrected chi connectivity index (χ0v) is 11.4. The average Bonchev–Trinajstić information content (AvgIpc) is 2.30. The van der Waals surface area contributed by atoms with Crippen LogP contribution in [0.5, 0.6) is 0 Å². The van der Waals surface area contributed by atoms with Crippen LogP contribution in [0.1, 0.15) is 0 Å². The van der Waals surface area contributed by atoms with Crippen LogP contribution in [0.25, 0.3) is 0 Å². The molecule has 0 aromatic heterocycles. The van der Waals surface area contributed by atoms with Crippen molar-refractivity contribution in [3.63, 3.8) is 0 Å². The third kappa shape index (κ3) is 6.97. The summed E-state index contributed by atoms with van der Waals surface area (Å²) in [6.07, 6.45) is -8.82. The SMILES string of the molecule is O=C[C@@H](OP(=O)(O)OP(=O)(O)O)[C@@H](O)[C@H](O)[C@H](O)CO. The topological polar surface area (TPSA) is 211 Å². The minimum absolute atomic E-state index is 0.274. The zero-order chi connectivity index (χ0) is 16.1. The predicted octanol–water partition coefficient (Wildman–Crippen LogP) is -3.14. The number of phosphoric ester groups is 1. The van der Waals surface area contributed by atoms with E-state index < -0.39 is 46.7 Å². The van der Waals surface area contributed by atoms with E-state index in [1.165, 1.54) is 0 Å². The van der Waals surface area contributed by atoms with E-state index in [-0.39, 0.29) is 6.29 Å². The number of carbonyl (C=O) groups is 1. The molecule has 14 heteroatoms. The van der Waals surface area contributed by atoms with Gasteiger partial charge >= 0.3 is 15.6 Å². The molecule has 0 spiro atoms. The van der Waals surface area contributed by atoms with E-state index in [0.29, 0.717) is 0 Å². The molecular weight excluding hydrogens is 326 g/mol. The van der Waals surface area contributed by atoms with E-state index in [9.17, 15) is 24.1 Å². The molecule has 1 unspecified atom stereocenters. The number of hydrogen-bond acceptors (Lipinski definition) is 9. The van der Waals surface area contributed by atoms with Gasteiger partial charge in [-0.3, -0.25) is 4.52 Å². The number of rotatable bonds is 9. The fraction of sp³-hybridized carbons (Fsp3) is 0.833. The second-order valence-corrected chi connectivity index (χ2v) is 6.26. The molecule has 20 heavy (non-hydrogen) atoms. The number of aliphatic hydroxyl groups is 4. The normalized spacial score (nSPS) is 21.6. The standard InChI is InChI=1S/C6H14O12P2/c7-1-3(9)5(10)6(11)4(2-8)17-20(15,16)18-19(12,13)14/h2-7,9-11H,1H2,(H,15,16)(H2,12,13,14)/t3-,4-,5-,6-/m1/s1. The van der Waals surface area contributed by atoms with E-state index in [4.69, 9.17) is 24.9 Å². The maximum absolute atomic E-state index is 11.1. The summed E-state index contributed by atoms with van der Waals surface area (Å²) in [4.78, 5) is 36.1. The Morgan fingerprint density at radius 1 is 1.05 bits per heavy atom. The summed E-state index contributed by atoms with van der Waals surface area (Å²) >= 11 is 0. The fourth-order valence-electron chi connectivity index (χ4n) is 1.01. The van der Waals surface area contributed by atoms with Gasteiger partial charge in [-0.15, -0.1) is 0 Å². The molecule has 0 rings (SSSR count). The minimum Gasteiger partial charge on any atom is -0.394 e. The van der Waals surface area contributed by atoms with Crippen LogP contribution in [-0.2, 0) is 22.8 Å². The van der Waals surface area contributed by atoms with Gasteiger partial charge in [-0.25, -0.2) is 9.13 Å². The molecule has 12 nitrogen and oxygen atoms in total. The van der Waals surface area contributed by atoms with Crippen molar-refractivity contribution in [1.29, 1.82) is 0 Å². The number of carbonyl (C=O) groups excluding carboxylic acids is 1. The monoisotopic (exact) mass is 340 g/mol. The average molecular weight is 340 g/mol. The van der Waals surface area contributed by atoms with Crippen LogP contribution >= 0.6 is 15.6 Å². The molecule has 0 aromatic carbocycles. The first-order valence-electron chi connectivity index (χ1n) is 4.82. The highest BCUT2D eigenvalue weighted by Gasteiger charge is 2.40. The Hall–Kier alpha value is -0.230. The zero-order valence-electron chi connectivity index (χ0n) is 9.66. The minimum atomic E-state index is -5.43. The number of aldehydes is 1. The summed E-state index contributed by atoms with van der Waals surface area (Å²) in [5, 5.41) is 36.2. The number of phosphoric acid groups is 2. The lowest BCUT2D eigenvalue weighted by atomic mass is 10.0. The highest BCUT2D eigenvalue weighted by atomic mass is 31.3. The lowest BCUT2D eigenvalue weighted by Crippen LogP contribution is -2.47. The number of aliphatic hydroxyl groups excluding tert-OH is 4. The maximum Gasteiger partial charge on any atom is 0.481 e. The van der Waals surface area contributed by atoms with Crippen molar-refractivity contribution in [1.82, 2.24) is 0 Å². The lowest BCUT2D eigenvalue weighted by Gasteiger charge is -2.26. The van der Waals surface area contributed by atoms with Crippen LogP contribution in [0.2, 0.25) is 0 Å². The van der Waals surface area contributed by atoms with Crippen molar-refractivity contribution in [2.45, 2.75) is 24.4 Å². The summed E-state index contributed by atoms with van der Waals surface area (Å²) in [6, 6.07) is 0. The van der Waals surface area contributed by atoms with Gasteiger partial charge in [0.15, 0.2) is 12.4 Å². The molecular formula is C6H14O12P2. The molecule has 0 fully saturated rings. The van der Waals surface area contributed by atoms with Crippen molar-refractivity contribution in [3.8, 4) is 0 Å². The molecule has 120 valence electrons. The van der Waals surface area contributed by atoms with Crippen molar-refractivity contribution in [3.05, 3.63) is 0 Å². The van der Waals surface area contributed by atoms with Crippen LogP contribution in [0.3, 0.4) is 0 Å². The van der Waals surface area contributed by atoms with Gasteiger partial charge in [0, 0.05) is 0 Å². The van der Waals surface area contributed by atoms with Crippen molar-refractivity contribution in [2.24, 2.45) is 0 Å². The largest absolute Gasteiger partial charge is 0.481 e. The van der Waals surface area contributed by atoms with Gasteiger partial charge in [-0.05, 0) is 0 Å². The van der Waals surface area contributed by atoms with E-state index >= 15 is 0 Å². The van der Waals surface area contributed by atoms with Gasteiger partial charge in [0.05, 0.1) is 6.61 Å². The molecule has 0 bridgehead atoms. The van der Waals surface area contributed by atoms with Crippen LogP contribution in [-0.4, -0.2) is 72.4 Å². The van der Waals surface area contributed by atoms with E-state index in [1.807, 2.05) is 0 Å². The van der Waals surface area contributed by atoms with Gasteiger partial charge in [-0.2, -0.15) is 4.31 Å². The van der Waals surface area contributed by atoms with Crippen LogP contribution in [0.15, 0.2) is 0 Å². The van der Waals surface area contributed by atoms with Crippen LogP contribution in [0.4, 0.5) is 0 Å². The first-order valence-corrected chi connectivity index (χ1v) is 7.84. The Balaban J connectivity index is 4.90. The van der Waals surface area contributed by atoms with Gasteiger partial charge < -0.3 is 39.9 Å². The van der Waals surface area contributed by atoms with Crippen molar-refractivity contribution in [2.75, 3.05) is 6.61 Å². The van der Waals surface area contributed by atoms with Gasteiger partial charge in [-0.1, -0.05) is 0 Å². The first-order chi connectivity index (χ1) is 8.93. The van der Waals surface area contributed by atoms with Gasteiger partial charge in [0.1, 0.15) is 18.3 Å². The maximum atomic E-state index is 11.1. The summed E-state index contributed by atoms with van der Waals surface area (Å²) in [5.74, 6) is 0. The van der Waals surface area contributed by atoms with E-state index in [2.05, 4.69) is 8.83 Å². The third-order valence-electron chi connectivity index (χ3n) is 1.87. The summed E-state index contributed by atoms with van der Waals surface area (Å²) in [7, 11) is -10.8. The summed E-state index contributed by atoms with van der Waals surface area (Å²) in [5.41, 5.74) is 0. The Bertz CT molecular complexity index is 405. The fourth-order valence-corrected chi connectivity index (χ4v) is 2.72. The summed E-state index contributed by atoms with van der Waals surface area (Å²) < 4.78 is 28.8. The Labute approximate surface area is 112 Å². The molecule has 0 heterocycles. The van der Waals surface area contributed by atoms with Gasteiger partial charge in [0.25, 0.3) is 0 Å². The van der Waals surface area contributed by atoms with Crippen molar-refractivity contribution >= 4 is 21.9 Å². The van der Waals surface area contributed by atoms with Crippen LogP contribution < -0.4 is 0 Å². The quantitative estimate of drug-likeness (QED) is 0.164. The van der Waals surface area contributed by atoms with Gasteiger partial charge in [0.2, 0.25) is 0 Å². The molecule has 0 amide bonds. The van der Waals surface area contributed by atoms with Crippen LogP contribution in [0, 0.1) is 0 Å². The second-order valence-electron chi connectivity index (χ2n) is 3.48. The Morgan fingerprint density at radius 3 is 1.90 bits per heavy atom. The molecule has 0 aliphatic rings. The highest BCUT2D eigenvalue weighted by molar-refractivity contribution is 7.60. The predicted molar refractivity (Wildman–Crippen MR) is 59.0 cm³/mol. The molecule has 0 radical (unpaired) electrons. The van der Waals surface area contributed by atoms with E-state index in [1.54, 1.807) is 0 Å². The first kappa shape index (κ1) is 19.8. The molecule has 7 N–H and O–H groups in total. The van der Waals surface area contributed by atoms with Crippen molar-refractivity contribution < 1.29 is 57.9 Å². The highest BCUT2D eigenvalue weighted by Crippen LogP contribution is 2.58. The Morgan fingerprint density at radius 2 is 1.55 bits per heavy atom. The Kier molecular flexibility index (Phi) is 7.60. The molecule has 5 atom stereocenters. The molecule has 0 aliphatic carbocycles.